The average Bonchev–Trinajstić information content (AvgIpc) is 3.15. The molecular weight excluding hydrogens is 382 g/mol. The Balaban J connectivity index is 1.94. The summed E-state index contributed by atoms with van der Waals surface area (Å²) in [5, 5.41) is 4.96. The van der Waals surface area contributed by atoms with E-state index in [1.165, 1.54) is 11.1 Å². The van der Waals surface area contributed by atoms with Gasteiger partial charge in [-0.15, -0.1) is 0 Å². The third-order valence-corrected chi connectivity index (χ3v) is 5.51. The maximum Gasteiger partial charge on any atom is 0.122 e. The van der Waals surface area contributed by atoms with Gasteiger partial charge in [0.15, 0.2) is 0 Å². The number of likely N-dealkylation sites (N-methyl/N-ethyl adjacent to an activating group) is 1. The maximum atomic E-state index is 5.66. The highest BCUT2D eigenvalue weighted by Crippen LogP contribution is 2.38. The first kappa shape index (κ1) is 20.9. The molecule has 0 atom stereocenters. The summed E-state index contributed by atoms with van der Waals surface area (Å²) in [5.74, 6) is 0.925. The summed E-state index contributed by atoms with van der Waals surface area (Å²) in [4.78, 5) is 2.19. The number of hydrogen-bond acceptors (Lipinski definition) is 3. The van der Waals surface area contributed by atoms with Gasteiger partial charge in [-0.3, -0.25) is 0 Å². The van der Waals surface area contributed by atoms with Gasteiger partial charge in [-0.2, -0.15) is 5.10 Å². The zero-order valence-electron chi connectivity index (χ0n) is 18.7. The first-order valence-corrected chi connectivity index (χ1v) is 10.6. The number of hydrogen-bond donors (Lipinski definition) is 0. The normalized spacial score (nSPS) is 11.1. The minimum atomic E-state index is 0.920. The van der Waals surface area contributed by atoms with Crippen LogP contribution in [0, 0.1) is 6.92 Å². The number of aryl methyl sites for hydroxylation is 1. The number of benzene rings is 3. The molecule has 4 heteroatoms. The minimum Gasteiger partial charge on any atom is -0.496 e. The van der Waals surface area contributed by atoms with Crippen molar-refractivity contribution in [3.63, 3.8) is 0 Å². The Kier molecular flexibility index (Phi) is 6.19. The Hall–Kier alpha value is -3.37. The number of aromatic nitrogens is 2. The van der Waals surface area contributed by atoms with E-state index in [1.807, 2.05) is 12.1 Å². The van der Waals surface area contributed by atoms with Crippen LogP contribution in [0.4, 0.5) is 0 Å². The van der Waals surface area contributed by atoms with Gasteiger partial charge in [-0.1, -0.05) is 48.5 Å². The van der Waals surface area contributed by atoms with Crippen LogP contribution >= 0.6 is 0 Å². The van der Waals surface area contributed by atoms with Crippen LogP contribution in [0.3, 0.4) is 0 Å². The van der Waals surface area contributed by atoms with Crippen molar-refractivity contribution in [1.82, 2.24) is 14.7 Å². The van der Waals surface area contributed by atoms with Gasteiger partial charge in [0.25, 0.3) is 0 Å². The Morgan fingerprint density at radius 1 is 0.871 bits per heavy atom. The fraction of sp³-hybridized carbons (Fsp3) is 0.222. The third-order valence-electron chi connectivity index (χ3n) is 5.51. The Morgan fingerprint density at radius 3 is 2.19 bits per heavy atom. The first-order chi connectivity index (χ1) is 15.1. The fourth-order valence-corrected chi connectivity index (χ4v) is 3.97. The predicted molar refractivity (Wildman–Crippen MR) is 128 cm³/mol. The van der Waals surface area contributed by atoms with Crippen molar-refractivity contribution in [3.8, 4) is 33.8 Å². The number of ether oxygens (including phenoxy) is 1. The lowest BCUT2D eigenvalue weighted by atomic mass is 9.97. The van der Waals surface area contributed by atoms with Gasteiger partial charge in [0.2, 0.25) is 0 Å². The van der Waals surface area contributed by atoms with Gasteiger partial charge in [-0.05, 0) is 68.9 Å². The van der Waals surface area contributed by atoms with Crippen LogP contribution in [0.2, 0.25) is 0 Å². The number of rotatable bonds is 7. The summed E-state index contributed by atoms with van der Waals surface area (Å²) >= 11 is 0. The van der Waals surface area contributed by atoms with Crippen LogP contribution < -0.4 is 4.74 Å². The van der Waals surface area contributed by atoms with Crippen molar-refractivity contribution in [2.24, 2.45) is 0 Å². The maximum absolute atomic E-state index is 5.66. The van der Waals surface area contributed by atoms with E-state index in [2.05, 4.69) is 97.3 Å². The Labute approximate surface area is 184 Å². The molecule has 0 saturated heterocycles. The zero-order chi connectivity index (χ0) is 21.8. The van der Waals surface area contributed by atoms with Crippen molar-refractivity contribution in [3.05, 3.63) is 90.1 Å². The van der Waals surface area contributed by atoms with Crippen LogP contribution in [-0.2, 0) is 6.42 Å². The molecular formula is C27H29N3O. The van der Waals surface area contributed by atoms with Crippen LogP contribution in [-0.4, -0.2) is 42.4 Å². The lowest BCUT2D eigenvalue weighted by Gasteiger charge is -2.16. The summed E-state index contributed by atoms with van der Waals surface area (Å²) in [6.07, 6.45) is 0.920. The Morgan fingerprint density at radius 2 is 1.55 bits per heavy atom. The molecule has 31 heavy (non-hydrogen) atoms. The van der Waals surface area contributed by atoms with E-state index in [4.69, 9.17) is 9.84 Å². The Bertz CT molecular complexity index is 1150. The van der Waals surface area contributed by atoms with Crippen LogP contribution in [0.1, 0.15) is 11.3 Å². The fourth-order valence-electron chi connectivity index (χ4n) is 3.97. The predicted octanol–water partition coefficient (Wildman–Crippen LogP) is 5.63. The van der Waals surface area contributed by atoms with Crippen molar-refractivity contribution in [1.29, 1.82) is 0 Å². The van der Waals surface area contributed by atoms with E-state index < -0.39 is 0 Å². The smallest absolute Gasteiger partial charge is 0.122 e. The second kappa shape index (κ2) is 9.19. The molecule has 0 aliphatic heterocycles. The van der Waals surface area contributed by atoms with E-state index in [0.29, 0.717) is 0 Å². The standard InChI is InChI=1S/C27H29N3O/c1-20-26(21-11-7-5-8-12-21)27(30(28-20)24-13-9-6-10-14-24)23-15-16-25(31-4)22(19-23)17-18-29(2)3/h5-16,19H,17-18H2,1-4H3. The highest BCUT2D eigenvalue weighted by atomic mass is 16.5. The van der Waals surface area contributed by atoms with Gasteiger partial charge in [-0.25, -0.2) is 4.68 Å². The molecule has 0 aliphatic rings. The summed E-state index contributed by atoms with van der Waals surface area (Å²) in [6.45, 7) is 3.05. The lowest BCUT2D eigenvalue weighted by molar-refractivity contribution is 0.392. The van der Waals surface area contributed by atoms with Crippen molar-refractivity contribution >= 4 is 0 Å². The van der Waals surface area contributed by atoms with Gasteiger partial charge in [0, 0.05) is 17.7 Å². The minimum absolute atomic E-state index is 0.920. The molecule has 0 fully saturated rings. The molecule has 4 rings (SSSR count). The molecule has 0 N–H and O–H groups in total. The molecule has 0 bridgehead atoms. The SMILES string of the molecule is COc1ccc(-c2c(-c3ccccc3)c(C)nn2-c2ccccc2)cc1CCN(C)C. The second-order valence-corrected chi connectivity index (χ2v) is 8.00. The zero-order valence-corrected chi connectivity index (χ0v) is 18.7. The molecule has 1 aromatic heterocycles. The van der Waals surface area contributed by atoms with Gasteiger partial charge < -0.3 is 9.64 Å². The van der Waals surface area contributed by atoms with Gasteiger partial charge >= 0.3 is 0 Å². The highest BCUT2D eigenvalue weighted by molar-refractivity contribution is 5.84. The van der Waals surface area contributed by atoms with E-state index >= 15 is 0 Å². The molecule has 4 nitrogen and oxygen atoms in total. The number of nitrogens with zero attached hydrogens (tertiary/aromatic N) is 3. The third kappa shape index (κ3) is 4.39. The largest absolute Gasteiger partial charge is 0.496 e. The number of para-hydroxylation sites is 1. The van der Waals surface area contributed by atoms with Crippen molar-refractivity contribution < 1.29 is 4.74 Å². The molecule has 0 aliphatic carbocycles. The van der Waals surface area contributed by atoms with Gasteiger partial charge in [0.05, 0.1) is 24.2 Å². The van der Waals surface area contributed by atoms with E-state index in [-0.39, 0.29) is 0 Å². The average molecular weight is 412 g/mol. The molecule has 0 spiro atoms. The van der Waals surface area contributed by atoms with Crippen LogP contribution in [0.25, 0.3) is 28.1 Å². The van der Waals surface area contributed by atoms with E-state index in [0.717, 1.165) is 46.9 Å². The summed E-state index contributed by atoms with van der Waals surface area (Å²) in [7, 11) is 5.93. The molecule has 1 heterocycles. The summed E-state index contributed by atoms with van der Waals surface area (Å²) in [6, 6.07) is 27.3. The first-order valence-electron chi connectivity index (χ1n) is 10.6. The molecule has 0 radical (unpaired) electrons. The topological polar surface area (TPSA) is 30.3 Å². The highest BCUT2D eigenvalue weighted by Gasteiger charge is 2.20. The second-order valence-electron chi connectivity index (χ2n) is 8.00. The summed E-state index contributed by atoms with van der Waals surface area (Å²) < 4.78 is 7.73. The monoisotopic (exact) mass is 411 g/mol. The number of methoxy groups -OCH3 is 1. The lowest BCUT2D eigenvalue weighted by Crippen LogP contribution is -2.15. The van der Waals surface area contributed by atoms with E-state index in [1.54, 1.807) is 7.11 Å². The van der Waals surface area contributed by atoms with Crippen LogP contribution in [0.5, 0.6) is 5.75 Å². The van der Waals surface area contributed by atoms with Crippen molar-refractivity contribution in [2.45, 2.75) is 13.3 Å². The molecule has 0 saturated carbocycles. The van der Waals surface area contributed by atoms with E-state index in [9.17, 15) is 0 Å². The molecule has 0 unspecified atom stereocenters. The molecule has 4 aromatic rings. The quantitative estimate of drug-likeness (QED) is 0.395. The molecule has 158 valence electrons. The summed E-state index contributed by atoms with van der Waals surface area (Å²) in [5.41, 5.74) is 7.83. The molecule has 0 amide bonds. The van der Waals surface area contributed by atoms with Gasteiger partial charge in [0.1, 0.15) is 5.75 Å². The van der Waals surface area contributed by atoms with Crippen LogP contribution in [0.15, 0.2) is 78.9 Å². The van der Waals surface area contributed by atoms with Crippen molar-refractivity contribution in [2.75, 3.05) is 27.7 Å². The molecule has 3 aromatic carbocycles.